The van der Waals surface area contributed by atoms with E-state index in [2.05, 4.69) is 27.1 Å². The summed E-state index contributed by atoms with van der Waals surface area (Å²) in [5.74, 6) is 1.72. The fourth-order valence-corrected chi connectivity index (χ4v) is 4.27. The van der Waals surface area contributed by atoms with Crippen LogP contribution in [0.1, 0.15) is 17.4 Å². The average molecular weight is 489 g/mol. The Bertz CT molecular complexity index is 1320. The third kappa shape index (κ3) is 4.85. The molecule has 0 unspecified atom stereocenters. The smallest absolute Gasteiger partial charge is 0.247 e. The molecule has 5 rings (SSSR count). The molecule has 34 heavy (non-hydrogen) atoms. The molecule has 8 heteroatoms. The number of aromatic nitrogens is 3. The fraction of sp³-hybridized carbons (Fsp3) is 0.115. The average Bonchev–Trinajstić information content (AvgIpc) is 3.04. The molecule has 2 heterocycles. The Morgan fingerprint density at radius 3 is 2.74 bits per heavy atom. The van der Waals surface area contributed by atoms with Crippen molar-refractivity contribution in [3.8, 4) is 22.9 Å². The standard InChI is InChI=1S/C26H21ClN4O2S/c1-2-14-34-26-29-25-23(30-31-26)19-10-6-7-11-21(19)28-24(33-25)20-15-18(27)12-13-22(20)32-16-17-8-4-3-5-9-17/h2-13,15,24,28H,1,14,16H2/t24-/m1/s1. The minimum absolute atomic E-state index is 0.387. The van der Waals surface area contributed by atoms with E-state index in [9.17, 15) is 0 Å². The molecule has 4 aromatic rings. The van der Waals surface area contributed by atoms with Crippen molar-refractivity contribution in [2.75, 3.05) is 11.1 Å². The SMILES string of the molecule is C=CCSc1nnc2c(n1)O[C@H](c1cc(Cl)ccc1OCc1ccccc1)Nc1ccccc1-2. The molecule has 0 spiro atoms. The van der Waals surface area contributed by atoms with Gasteiger partial charge in [-0.05, 0) is 29.8 Å². The molecule has 0 bridgehead atoms. The van der Waals surface area contributed by atoms with Crippen LogP contribution < -0.4 is 14.8 Å². The van der Waals surface area contributed by atoms with Gasteiger partial charge < -0.3 is 14.8 Å². The summed E-state index contributed by atoms with van der Waals surface area (Å²) in [6.07, 6.45) is 1.18. The van der Waals surface area contributed by atoms with Crippen molar-refractivity contribution in [2.45, 2.75) is 18.0 Å². The molecule has 1 N–H and O–H groups in total. The van der Waals surface area contributed by atoms with Crippen LogP contribution in [0.4, 0.5) is 5.69 Å². The molecule has 1 aliphatic rings. The van der Waals surface area contributed by atoms with Gasteiger partial charge in [-0.3, -0.25) is 0 Å². The predicted octanol–water partition coefficient (Wildman–Crippen LogP) is 6.55. The van der Waals surface area contributed by atoms with E-state index in [1.54, 1.807) is 12.1 Å². The van der Waals surface area contributed by atoms with Crippen molar-refractivity contribution in [1.29, 1.82) is 0 Å². The van der Waals surface area contributed by atoms with Gasteiger partial charge in [0.05, 0.1) is 5.56 Å². The first kappa shape index (κ1) is 22.3. The van der Waals surface area contributed by atoms with Crippen LogP contribution in [0.5, 0.6) is 11.6 Å². The van der Waals surface area contributed by atoms with Crippen LogP contribution in [0, 0.1) is 0 Å². The highest BCUT2D eigenvalue weighted by molar-refractivity contribution is 7.99. The van der Waals surface area contributed by atoms with Crippen molar-refractivity contribution in [3.05, 3.63) is 102 Å². The molecule has 170 valence electrons. The van der Waals surface area contributed by atoms with Crippen molar-refractivity contribution >= 4 is 29.1 Å². The van der Waals surface area contributed by atoms with Crippen molar-refractivity contribution in [3.63, 3.8) is 0 Å². The van der Waals surface area contributed by atoms with Crippen LogP contribution in [0.15, 0.2) is 90.6 Å². The van der Waals surface area contributed by atoms with Gasteiger partial charge in [-0.1, -0.05) is 78.0 Å². The van der Waals surface area contributed by atoms with Crippen LogP contribution in [-0.4, -0.2) is 20.9 Å². The van der Waals surface area contributed by atoms with E-state index in [4.69, 9.17) is 21.1 Å². The second kappa shape index (κ2) is 10.2. The van der Waals surface area contributed by atoms with Gasteiger partial charge in [-0.2, -0.15) is 4.98 Å². The second-order valence-corrected chi connectivity index (χ2v) is 8.92. The number of thioether (sulfide) groups is 1. The molecule has 6 nitrogen and oxygen atoms in total. The van der Waals surface area contributed by atoms with Gasteiger partial charge in [0.25, 0.3) is 0 Å². The molecule has 1 aromatic heterocycles. The molecule has 1 aliphatic heterocycles. The van der Waals surface area contributed by atoms with Gasteiger partial charge in [-0.25, -0.2) is 0 Å². The Labute approximate surface area is 207 Å². The molecule has 0 saturated heterocycles. The summed E-state index contributed by atoms with van der Waals surface area (Å²) in [4.78, 5) is 4.64. The first-order valence-corrected chi connectivity index (χ1v) is 12.0. The summed E-state index contributed by atoms with van der Waals surface area (Å²) in [6, 6.07) is 23.3. The Morgan fingerprint density at radius 2 is 1.88 bits per heavy atom. The zero-order valence-corrected chi connectivity index (χ0v) is 19.7. The molecule has 0 aliphatic carbocycles. The summed E-state index contributed by atoms with van der Waals surface area (Å²) in [6.45, 7) is 4.17. The monoisotopic (exact) mass is 488 g/mol. The molecule has 0 amide bonds. The van der Waals surface area contributed by atoms with E-state index in [1.807, 2.05) is 66.7 Å². The van der Waals surface area contributed by atoms with Crippen LogP contribution in [-0.2, 0) is 6.61 Å². The number of hydrogen-bond acceptors (Lipinski definition) is 7. The van der Waals surface area contributed by atoms with E-state index >= 15 is 0 Å². The zero-order valence-electron chi connectivity index (χ0n) is 18.1. The number of nitrogens with one attached hydrogen (secondary N) is 1. The van der Waals surface area contributed by atoms with Gasteiger partial charge in [0.2, 0.25) is 17.3 Å². The second-order valence-electron chi connectivity index (χ2n) is 7.49. The maximum Gasteiger partial charge on any atom is 0.247 e. The quantitative estimate of drug-likeness (QED) is 0.233. The number of halogens is 1. The van der Waals surface area contributed by atoms with E-state index in [-0.39, 0.29) is 0 Å². The number of fused-ring (bicyclic) bond motifs is 3. The normalized spacial score (nSPS) is 14.1. The third-order valence-electron chi connectivity index (χ3n) is 5.16. The van der Waals surface area contributed by atoms with Gasteiger partial charge in [-0.15, -0.1) is 16.8 Å². The zero-order chi connectivity index (χ0) is 23.3. The lowest BCUT2D eigenvalue weighted by Crippen LogP contribution is -2.18. The van der Waals surface area contributed by atoms with Crippen molar-refractivity contribution in [2.24, 2.45) is 0 Å². The molecule has 1 atom stereocenters. The number of ether oxygens (including phenoxy) is 2. The highest BCUT2D eigenvalue weighted by atomic mass is 35.5. The van der Waals surface area contributed by atoms with Crippen molar-refractivity contribution < 1.29 is 9.47 Å². The maximum atomic E-state index is 6.39. The lowest BCUT2D eigenvalue weighted by atomic mass is 10.1. The molecule has 0 saturated carbocycles. The Hall–Kier alpha value is -3.55. The number of benzene rings is 3. The molecular weight excluding hydrogens is 468 g/mol. The number of hydrogen-bond donors (Lipinski definition) is 1. The minimum Gasteiger partial charge on any atom is -0.488 e. The Kier molecular flexibility index (Phi) is 6.65. The Morgan fingerprint density at radius 1 is 1.06 bits per heavy atom. The number of rotatable bonds is 7. The summed E-state index contributed by atoms with van der Waals surface area (Å²) >= 11 is 7.83. The minimum atomic E-state index is -0.610. The molecular formula is C26H21ClN4O2S. The topological polar surface area (TPSA) is 69.2 Å². The number of para-hydroxylation sites is 1. The van der Waals surface area contributed by atoms with E-state index in [0.29, 0.717) is 39.9 Å². The van der Waals surface area contributed by atoms with Gasteiger partial charge in [0, 0.05) is 22.0 Å². The van der Waals surface area contributed by atoms with E-state index in [1.165, 1.54) is 11.8 Å². The van der Waals surface area contributed by atoms with Crippen LogP contribution in [0.25, 0.3) is 11.3 Å². The highest BCUT2D eigenvalue weighted by Gasteiger charge is 2.28. The Balaban J connectivity index is 1.53. The van der Waals surface area contributed by atoms with Crippen molar-refractivity contribution in [1.82, 2.24) is 15.2 Å². The van der Waals surface area contributed by atoms with Gasteiger partial charge >= 0.3 is 0 Å². The van der Waals surface area contributed by atoms with Gasteiger partial charge in [0.15, 0.2) is 5.69 Å². The summed E-state index contributed by atoms with van der Waals surface area (Å²) < 4.78 is 12.6. The third-order valence-corrected chi connectivity index (χ3v) is 6.22. The number of anilines is 1. The molecule has 0 radical (unpaired) electrons. The predicted molar refractivity (Wildman–Crippen MR) is 135 cm³/mol. The van der Waals surface area contributed by atoms with Crippen LogP contribution in [0.3, 0.4) is 0 Å². The maximum absolute atomic E-state index is 6.39. The number of nitrogens with zero attached hydrogens (tertiary/aromatic N) is 3. The summed E-state index contributed by atoms with van der Waals surface area (Å²) in [7, 11) is 0. The van der Waals surface area contributed by atoms with Crippen LogP contribution >= 0.6 is 23.4 Å². The summed E-state index contributed by atoms with van der Waals surface area (Å²) in [5, 5.41) is 13.2. The highest BCUT2D eigenvalue weighted by Crippen LogP contribution is 2.41. The van der Waals surface area contributed by atoms with E-state index < -0.39 is 6.23 Å². The lowest BCUT2D eigenvalue weighted by molar-refractivity contribution is 0.214. The van der Waals surface area contributed by atoms with Crippen LogP contribution in [0.2, 0.25) is 5.02 Å². The molecule has 3 aromatic carbocycles. The fourth-order valence-electron chi connectivity index (χ4n) is 3.57. The lowest BCUT2D eigenvalue weighted by Gasteiger charge is -2.22. The molecule has 0 fully saturated rings. The van der Waals surface area contributed by atoms with E-state index in [0.717, 1.165) is 22.4 Å². The summed E-state index contributed by atoms with van der Waals surface area (Å²) in [5.41, 5.74) is 4.10. The first-order chi connectivity index (χ1) is 16.7. The van der Waals surface area contributed by atoms with Gasteiger partial charge in [0.1, 0.15) is 12.4 Å². The first-order valence-electron chi connectivity index (χ1n) is 10.7. The largest absolute Gasteiger partial charge is 0.488 e.